The fourth-order valence-corrected chi connectivity index (χ4v) is 9.26. The number of ether oxygens (including phenoxy) is 1. The summed E-state index contributed by atoms with van der Waals surface area (Å²) < 4.78 is 6.00. The standard InChI is InChI=1S/C34H48O8/c1-30(2,39)14-13-28(42-29(38)20-9-7-6-8-10-20)33(5,40)27-12-16-34(41)22-17-24(35)23-18-25(36)26(37)19-31(23,3)21(22)11-15-32(27,34)4/h6-10,17,21,23,25-28,36-37,39-41H,11-16,18-19H2,1-5H3/t21-,23+,25-,26-,27+,28+,31-,32-,33+,34-/m1/s1. The molecule has 0 radical (unpaired) electrons. The van der Waals surface area contributed by atoms with E-state index in [1.807, 2.05) is 13.8 Å². The van der Waals surface area contributed by atoms with Crippen LogP contribution in [0.4, 0.5) is 0 Å². The van der Waals surface area contributed by atoms with E-state index in [0.29, 0.717) is 43.2 Å². The molecule has 0 amide bonds. The highest BCUT2D eigenvalue weighted by molar-refractivity contribution is 5.95. The minimum Gasteiger partial charge on any atom is -0.456 e. The average molecular weight is 585 g/mol. The second kappa shape index (κ2) is 10.5. The summed E-state index contributed by atoms with van der Waals surface area (Å²) in [5, 5.41) is 56.3. The lowest BCUT2D eigenvalue weighted by Crippen LogP contribution is -2.63. The zero-order chi connectivity index (χ0) is 30.9. The maximum Gasteiger partial charge on any atom is 0.338 e. The minimum absolute atomic E-state index is 0.123. The minimum atomic E-state index is -1.54. The van der Waals surface area contributed by atoms with Crippen LogP contribution in [-0.4, -0.2) is 72.4 Å². The highest BCUT2D eigenvalue weighted by Crippen LogP contribution is 2.68. The van der Waals surface area contributed by atoms with Gasteiger partial charge in [0, 0.05) is 11.3 Å². The first-order valence-electron chi connectivity index (χ1n) is 15.5. The number of ketones is 1. The summed E-state index contributed by atoms with van der Waals surface area (Å²) in [6.07, 6.45) is 1.84. The first kappa shape index (κ1) is 31.3. The Morgan fingerprint density at radius 2 is 1.69 bits per heavy atom. The number of hydrogen-bond donors (Lipinski definition) is 5. The third-order valence-electron chi connectivity index (χ3n) is 11.8. The van der Waals surface area contributed by atoms with E-state index < -0.39 is 63.8 Å². The molecule has 4 aliphatic carbocycles. The fourth-order valence-electron chi connectivity index (χ4n) is 9.26. The molecule has 8 nitrogen and oxygen atoms in total. The van der Waals surface area contributed by atoms with Crippen molar-refractivity contribution < 1.29 is 39.9 Å². The van der Waals surface area contributed by atoms with E-state index in [2.05, 4.69) is 0 Å². The van der Waals surface area contributed by atoms with Crippen LogP contribution in [0.25, 0.3) is 0 Å². The summed E-state index contributed by atoms with van der Waals surface area (Å²) in [7, 11) is 0. The van der Waals surface area contributed by atoms with Crippen LogP contribution in [0.3, 0.4) is 0 Å². The monoisotopic (exact) mass is 584 g/mol. The van der Waals surface area contributed by atoms with E-state index in [0.717, 1.165) is 0 Å². The van der Waals surface area contributed by atoms with E-state index in [-0.39, 0.29) is 31.0 Å². The Labute approximate surface area is 248 Å². The number of fused-ring (bicyclic) bond motifs is 5. The molecule has 10 atom stereocenters. The molecule has 5 rings (SSSR count). The molecular weight excluding hydrogens is 536 g/mol. The molecule has 3 fully saturated rings. The summed E-state index contributed by atoms with van der Waals surface area (Å²) in [6, 6.07) is 8.60. The van der Waals surface area contributed by atoms with Gasteiger partial charge in [0.25, 0.3) is 0 Å². The largest absolute Gasteiger partial charge is 0.456 e. The Balaban J connectivity index is 1.48. The van der Waals surface area contributed by atoms with Gasteiger partial charge in [-0.1, -0.05) is 32.0 Å². The zero-order valence-corrected chi connectivity index (χ0v) is 25.5. The van der Waals surface area contributed by atoms with Gasteiger partial charge in [0.1, 0.15) is 11.7 Å². The van der Waals surface area contributed by atoms with E-state index in [9.17, 15) is 35.1 Å². The summed E-state index contributed by atoms with van der Waals surface area (Å²) in [5.74, 6) is -1.70. The number of benzene rings is 1. The van der Waals surface area contributed by atoms with Crippen molar-refractivity contribution in [2.24, 2.45) is 28.6 Å². The number of carbonyl (C=O) groups excluding carboxylic acids is 2. The molecule has 4 aliphatic rings. The lowest BCUT2D eigenvalue weighted by molar-refractivity contribution is -0.177. The Kier molecular flexibility index (Phi) is 7.84. The van der Waals surface area contributed by atoms with Crippen LogP contribution in [0.15, 0.2) is 42.0 Å². The second-order valence-electron chi connectivity index (χ2n) is 14.9. The summed E-state index contributed by atoms with van der Waals surface area (Å²) >= 11 is 0. The van der Waals surface area contributed by atoms with Crippen molar-refractivity contribution in [3.63, 3.8) is 0 Å². The molecule has 5 N–H and O–H groups in total. The Morgan fingerprint density at radius 1 is 1.02 bits per heavy atom. The topological polar surface area (TPSA) is 145 Å². The molecule has 42 heavy (non-hydrogen) atoms. The first-order valence-corrected chi connectivity index (χ1v) is 15.5. The van der Waals surface area contributed by atoms with E-state index in [1.54, 1.807) is 57.2 Å². The van der Waals surface area contributed by atoms with E-state index in [4.69, 9.17) is 4.74 Å². The van der Waals surface area contributed by atoms with Crippen molar-refractivity contribution in [2.45, 2.75) is 121 Å². The molecule has 1 aromatic rings. The van der Waals surface area contributed by atoms with Crippen LogP contribution in [0, 0.1) is 28.6 Å². The molecular formula is C34H48O8. The molecule has 3 saturated carbocycles. The average Bonchev–Trinajstić information content (AvgIpc) is 3.20. The summed E-state index contributed by atoms with van der Waals surface area (Å²) in [4.78, 5) is 26.7. The van der Waals surface area contributed by atoms with Crippen LogP contribution in [-0.2, 0) is 9.53 Å². The molecule has 0 spiro atoms. The van der Waals surface area contributed by atoms with Crippen LogP contribution in [0.1, 0.15) is 96.3 Å². The highest BCUT2D eigenvalue weighted by atomic mass is 16.6. The SMILES string of the molecule is CC(C)(O)CC[C@H](OC(=O)c1ccccc1)[C@@](C)(O)[C@H]1CC[C@@]2(O)C3=CC(=O)[C@@H]4C[C@@H](O)[C@H](O)C[C@]4(C)[C@@H]3CC[C@]12C. The second-order valence-corrected chi connectivity index (χ2v) is 14.9. The van der Waals surface area contributed by atoms with Crippen molar-refractivity contribution in [2.75, 3.05) is 0 Å². The molecule has 1 aromatic carbocycles. The normalized spacial score (nSPS) is 40.2. The Morgan fingerprint density at radius 3 is 2.33 bits per heavy atom. The Bertz CT molecular complexity index is 1230. The highest BCUT2D eigenvalue weighted by Gasteiger charge is 2.69. The number of esters is 1. The lowest BCUT2D eigenvalue weighted by atomic mass is 9.45. The summed E-state index contributed by atoms with van der Waals surface area (Å²) in [5.41, 5.74) is -4.30. The molecule has 0 bridgehead atoms. The van der Waals surface area contributed by atoms with Crippen LogP contribution in [0.2, 0.25) is 0 Å². The predicted molar refractivity (Wildman–Crippen MR) is 156 cm³/mol. The molecule has 0 heterocycles. The van der Waals surface area contributed by atoms with Gasteiger partial charge in [0.2, 0.25) is 0 Å². The number of hydrogen-bond acceptors (Lipinski definition) is 8. The molecule has 232 valence electrons. The van der Waals surface area contributed by atoms with E-state index in [1.165, 1.54) is 0 Å². The maximum absolute atomic E-state index is 13.5. The van der Waals surface area contributed by atoms with Crippen LogP contribution in [0.5, 0.6) is 0 Å². The fraction of sp³-hybridized carbons (Fsp3) is 0.706. The predicted octanol–water partition coefficient (Wildman–Crippen LogP) is 3.72. The van der Waals surface area contributed by atoms with Gasteiger partial charge in [0.15, 0.2) is 5.78 Å². The van der Waals surface area contributed by atoms with Crippen molar-refractivity contribution in [3.8, 4) is 0 Å². The van der Waals surface area contributed by atoms with Gasteiger partial charge < -0.3 is 30.3 Å². The molecule has 8 heteroatoms. The maximum atomic E-state index is 13.5. The number of allylic oxidation sites excluding steroid dienone is 1. The van der Waals surface area contributed by atoms with Crippen molar-refractivity contribution >= 4 is 11.8 Å². The number of carbonyl (C=O) groups is 2. The van der Waals surface area contributed by atoms with Crippen molar-refractivity contribution in [1.29, 1.82) is 0 Å². The van der Waals surface area contributed by atoms with Crippen LogP contribution >= 0.6 is 0 Å². The Hall–Kier alpha value is -2.10. The molecule has 0 unspecified atom stereocenters. The quantitative estimate of drug-likeness (QED) is 0.305. The van der Waals surface area contributed by atoms with Gasteiger partial charge in [-0.05, 0) is 113 Å². The lowest BCUT2D eigenvalue weighted by Gasteiger charge is -2.60. The van der Waals surface area contributed by atoms with Crippen molar-refractivity contribution in [1.82, 2.24) is 0 Å². The summed E-state index contributed by atoms with van der Waals surface area (Å²) in [6.45, 7) is 9.00. The smallest absolute Gasteiger partial charge is 0.338 e. The number of rotatable bonds is 7. The third kappa shape index (κ3) is 4.97. The van der Waals surface area contributed by atoms with Gasteiger partial charge in [-0.3, -0.25) is 4.79 Å². The van der Waals surface area contributed by atoms with Gasteiger partial charge in [-0.15, -0.1) is 0 Å². The number of aliphatic hydroxyl groups is 5. The van der Waals surface area contributed by atoms with Crippen LogP contribution < -0.4 is 0 Å². The first-order chi connectivity index (χ1) is 19.4. The van der Waals surface area contributed by atoms with Gasteiger partial charge in [0.05, 0.1) is 29.0 Å². The number of aliphatic hydroxyl groups excluding tert-OH is 2. The zero-order valence-electron chi connectivity index (χ0n) is 25.5. The third-order valence-corrected chi connectivity index (χ3v) is 11.8. The van der Waals surface area contributed by atoms with E-state index >= 15 is 0 Å². The van der Waals surface area contributed by atoms with Gasteiger partial charge in [-0.2, -0.15) is 0 Å². The van der Waals surface area contributed by atoms with Gasteiger partial charge in [-0.25, -0.2) is 4.79 Å². The van der Waals surface area contributed by atoms with Gasteiger partial charge >= 0.3 is 5.97 Å². The molecule has 0 aliphatic heterocycles. The molecule has 0 aromatic heterocycles. The van der Waals surface area contributed by atoms with Crippen molar-refractivity contribution in [3.05, 3.63) is 47.5 Å². The molecule has 0 saturated heterocycles.